The van der Waals surface area contributed by atoms with Crippen LogP contribution in [-0.2, 0) is 25.0 Å². The van der Waals surface area contributed by atoms with E-state index in [-0.39, 0.29) is 18.2 Å². The lowest BCUT2D eigenvalue weighted by atomic mass is 9.83. The molecule has 3 atom stereocenters. The van der Waals surface area contributed by atoms with Crippen molar-refractivity contribution < 1.29 is 19.4 Å². The van der Waals surface area contributed by atoms with Gasteiger partial charge in [0.15, 0.2) is 5.13 Å². The number of thiazole rings is 1. The van der Waals surface area contributed by atoms with Crippen LogP contribution in [0.2, 0.25) is 0 Å². The van der Waals surface area contributed by atoms with E-state index in [0.29, 0.717) is 30.6 Å². The van der Waals surface area contributed by atoms with E-state index in [0.717, 1.165) is 70.5 Å². The molecule has 9 nitrogen and oxygen atoms in total. The van der Waals surface area contributed by atoms with E-state index in [1.54, 1.807) is 28.0 Å². The quantitative estimate of drug-likeness (QED) is 0.236. The van der Waals surface area contributed by atoms with Crippen molar-refractivity contribution in [2.24, 2.45) is 24.8 Å². The third-order valence-corrected chi connectivity index (χ3v) is 10.0. The summed E-state index contributed by atoms with van der Waals surface area (Å²) in [6, 6.07) is 13.8. The number of carboxylic acids is 1. The van der Waals surface area contributed by atoms with E-state index < -0.39 is 5.97 Å². The number of amides is 1. The van der Waals surface area contributed by atoms with Crippen LogP contribution >= 0.6 is 11.3 Å². The third-order valence-electron chi connectivity index (χ3n) is 9.10. The van der Waals surface area contributed by atoms with Gasteiger partial charge < -0.3 is 19.6 Å². The summed E-state index contributed by atoms with van der Waals surface area (Å²) >= 11 is 1.64. The smallest absolute Gasteiger partial charge is 0.303 e. The van der Waals surface area contributed by atoms with E-state index >= 15 is 0 Å². The average Bonchev–Trinajstić information content (AvgIpc) is 3.69. The molecule has 1 saturated heterocycles. The minimum absolute atomic E-state index is 0.0505. The fraction of sp³-hybridized carbons (Fsp3) is 0.412. The van der Waals surface area contributed by atoms with Crippen molar-refractivity contribution in [3.05, 3.63) is 82.0 Å². The van der Waals surface area contributed by atoms with Gasteiger partial charge in [0.05, 0.1) is 17.9 Å². The van der Waals surface area contributed by atoms with Gasteiger partial charge in [0.1, 0.15) is 12.4 Å². The Morgan fingerprint density at radius 2 is 1.86 bits per heavy atom. The first-order valence-electron chi connectivity index (χ1n) is 15.1. The van der Waals surface area contributed by atoms with Gasteiger partial charge in [-0.05, 0) is 85.9 Å². The normalized spacial score (nSPS) is 19.3. The van der Waals surface area contributed by atoms with Crippen LogP contribution in [-0.4, -0.2) is 56.8 Å². The zero-order valence-corrected chi connectivity index (χ0v) is 26.5. The van der Waals surface area contributed by atoms with Crippen molar-refractivity contribution in [1.29, 1.82) is 0 Å². The highest BCUT2D eigenvalue weighted by Gasteiger charge is 2.43. The summed E-state index contributed by atoms with van der Waals surface area (Å²) in [5, 5.41) is 16.8. The lowest BCUT2D eigenvalue weighted by molar-refractivity contribution is -0.138. The second-order valence-corrected chi connectivity index (χ2v) is 13.2. The topological polar surface area (TPSA) is 101 Å². The van der Waals surface area contributed by atoms with Crippen LogP contribution in [0.1, 0.15) is 52.0 Å². The number of carboxylic acid groups (broad SMARTS) is 1. The summed E-state index contributed by atoms with van der Waals surface area (Å²) in [5.74, 6) is 1.14. The maximum Gasteiger partial charge on any atom is 0.303 e. The fourth-order valence-corrected chi connectivity index (χ4v) is 7.60. The standard InChI is InChI=1S/C34H39N5O4S/c1-21-5-10-31(43-19-26-9-6-23(14-22(26)2)33(42)37(3)18-27-11-12-38(4)36-27)29(13-21)30-20-44-34(35-30)39-16-24-7-8-25(17-39)28(24)15-32(40)41/h5-6,9-14,20,24-25,28H,7-8,15-19H2,1-4H3,(H,40,41)/t24-,25?,28?/m0/s1. The molecule has 2 bridgehead atoms. The molecule has 3 heterocycles. The average molecular weight is 614 g/mol. The molecule has 1 saturated carbocycles. The van der Waals surface area contributed by atoms with Gasteiger partial charge in [0.2, 0.25) is 0 Å². The van der Waals surface area contributed by atoms with E-state index in [1.165, 1.54) is 0 Å². The van der Waals surface area contributed by atoms with Gasteiger partial charge in [0, 0.05) is 56.3 Å². The predicted molar refractivity (Wildman–Crippen MR) is 171 cm³/mol. The van der Waals surface area contributed by atoms with Crippen molar-refractivity contribution in [2.45, 2.75) is 46.3 Å². The number of hydrogen-bond acceptors (Lipinski definition) is 7. The largest absolute Gasteiger partial charge is 0.488 e. The van der Waals surface area contributed by atoms with Crippen molar-refractivity contribution in [3.8, 4) is 17.0 Å². The predicted octanol–water partition coefficient (Wildman–Crippen LogP) is 5.95. The molecule has 6 rings (SSSR count). The van der Waals surface area contributed by atoms with E-state index in [4.69, 9.17) is 9.72 Å². The molecule has 44 heavy (non-hydrogen) atoms. The van der Waals surface area contributed by atoms with Crippen LogP contribution in [0.5, 0.6) is 5.75 Å². The van der Waals surface area contributed by atoms with Crippen LogP contribution < -0.4 is 9.64 Å². The molecule has 1 aliphatic heterocycles. The van der Waals surface area contributed by atoms with E-state index in [1.807, 2.05) is 56.6 Å². The Morgan fingerprint density at radius 3 is 2.55 bits per heavy atom. The second-order valence-electron chi connectivity index (χ2n) is 12.4. The van der Waals surface area contributed by atoms with Crippen LogP contribution in [0.25, 0.3) is 11.3 Å². The molecule has 1 aliphatic carbocycles. The van der Waals surface area contributed by atoms with Crippen molar-refractivity contribution in [1.82, 2.24) is 19.7 Å². The van der Waals surface area contributed by atoms with Crippen molar-refractivity contribution >= 4 is 28.3 Å². The molecular formula is C34H39N5O4S. The van der Waals surface area contributed by atoms with Gasteiger partial charge in [-0.1, -0.05) is 17.7 Å². The number of carbonyl (C=O) groups excluding carboxylic acids is 1. The van der Waals surface area contributed by atoms with Crippen molar-refractivity contribution in [3.63, 3.8) is 0 Å². The molecule has 230 valence electrons. The number of aliphatic carboxylic acids is 1. The molecule has 10 heteroatoms. The SMILES string of the molecule is Cc1ccc(OCc2ccc(C(=O)N(C)Cc3ccn(C)n3)cc2C)c(-c2csc(N3CC4CC[C@@H](C3)C4CC(=O)O)n2)c1. The van der Waals surface area contributed by atoms with E-state index in [9.17, 15) is 14.7 Å². The molecule has 2 aliphatic rings. The summed E-state index contributed by atoms with van der Waals surface area (Å²) in [5.41, 5.74) is 6.46. The highest BCUT2D eigenvalue weighted by molar-refractivity contribution is 7.14. The van der Waals surface area contributed by atoms with Crippen molar-refractivity contribution in [2.75, 3.05) is 25.0 Å². The van der Waals surface area contributed by atoms with Crippen LogP contribution in [0.4, 0.5) is 5.13 Å². The number of carbonyl (C=O) groups is 2. The number of aromatic nitrogens is 3. The highest BCUT2D eigenvalue weighted by Crippen LogP contribution is 2.46. The molecule has 2 aromatic heterocycles. The number of rotatable bonds is 10. The number of fused-ring (bicyclic) bond motifs is 2. The number of benzene rings is 2. The van der Waals surface area contributed by atoms with Gasteiger partial charge in [0.25, 0.3) is 5.91 Å². The number of ether oxygens (including phenoxy) is 1. The number of nitrogens with zero attached hydrogens (tertiary/aromatic N) is 5. The summed E-state index contributed by atoms with van der Waals surface area (Å²) in [7, 11) is 3.65. The summed E-state index contributed by atoms with van der Waals surface area (Å²) < 4.78 is 8.12. The van der Waals surface area contributed by atoms with Crippen LogP contribution in [0.15, 0.2) is 54.0 Å². The number of hydrogen-bond donors (Lipinski definition) is 1. The Hall–Kier alpha value is -4.18. The van der Waals surface area contributed by atoms with Gasteiger partial charge in [-0.2, -0.15) is 5.10 Å². The molecule has 4 aromatic rings. The van der Waals surface area contributed by atoms with Crippen LogP contribution in [0.3, 0.4) is 0 Å². The molecule has 2 fully saturated rings. The minimum Gasteiger partial charge on any atom is -0.488 e. The molecule has 2 unspecified atom stereocenters. The first-order chi connectivity index (χ1) is 21.1. The second kappa shape index (κ2) is 12.4. The monoisotopic (exact) mass is 613 g/mol. The maximum absolute atomic E-state index is 13.1. The molecule has 0 radical (unpaired) electrons. The summed E-state index contributed by atoms with van der Waals surface area (Å²) in [6.45, 7) is 6.63. The molecule has 1 amide bonds. The van der Waals surface area contributed by atoms with Gasteiger partial charge >= 0.3 is 5.97 Å². The molecule has 2 aromatic carbocycles. The highest BCUT2D eigenvalue weighted by atomic mass is 32.1. The summed E-state index contributed by atoms with van der Waals surface area (Å²) in [6.07, 6.45) is 4.35. The van der Waals surface area contributed by atoms with Gasteiger partial charge in [-0.15, -0.1) is 11.3 Å². The first kappa shape index (κ1) is 29.9. The van der Waals surface area contributed by atoms with Crippen LogP contribution in [0, 0.1) is 31.6 Å². The zero-order valence-electron chi connectivity index (χ0n) is 25.7. The van der Waals surface area contributed by atoms with Gasteiger partial charge in [-0.25, -0.2) is 4.98 Å². The number of piperidine rings is 1. The molecule has 1 N–H and O–H groups in total. The Morgan fingerprint density at radius 1 is 1.09 bits per heavy atom. The van der Waals surface area contributed by atoms with E-state index in [2.05, 4.69) is 28.4 Å². The first-order valence-corrected chi connectivity index (χ1v) is 16.0. The lowest BCUT2D eigenvalue weighted by Crippen LogP contribution is -2.42. The zero-order chi connectivity index (χ0) is 31.0. The summed E-state index contributed by atoms with van der Waals surface area (Å²) in [4.78, 5) is 33.5. The molecule has 0 spiro atoms. The number of aryl methyl sites for hydroxylation is 3. The fourth-order valence-electron chi connectivity index (χ4n) is 6.76. The Labute approximate surface area is 262 Å². The Bertz CT molecular complexity index is 1670. The maximum atomic E-state index is 13.1. The Balaban J connectivity index is 1.13. The number of anilines is 1. The van der Waals surface area contributed by atoms with Gasteiger partial charge in [-0.3, -0.25) is 14.3 Å². The Kier molecular flexibility index (Phi) is 8.44. The lowest BCUT2D eigenvalue weighted by Gasteiger charge is -2.37. The molecular weight excluding hydrogens is 574 g/mol. The third kappa shape index (κ3) is 6.36. The minimum atomic E-state index is -0.687.